The van der Waals surface area contributed by atoms with Crippen LogP contribution in [0.3, 0.4) is 0 Å². The molecule has 0 spiro atoms. The Labute approximate surface area is 103 Å². The molecule has 1 N–H and O–H groups in total. The van der Waals surface area contributed by atoms with Crippen molar-refractivity contribution in [1.82, 2.24) is 5.32 Å². The molecule has 1 fully saturated rings. The van der Waals surface area contributed by atoms with Gasteiger partial charge >= 0.3 is 0 Å². The van der Waals surface area contributed by atoms with E-state index in [2.05, 4.69) is 39.6 Å². The second-order valence-corrected chi connectivity index (χ2v) is 5.86. The van der Waals surface area contributed by atoms with Crippen molar-refractivity contribution in [2.75, 3.05) is 6.61 Å². The SMILES string of the molecule is C[C@@H](NCc1cc(Br)cs1)[C@@H]1CCCO1. The van der Waals surface area contributed by atoms with E-state index in [-0.39, 0.29) is 0 Å². The lowest BCUT2D eigenvalue weighted by molar-refractivity contribution is 0.0833. The summed E-state index contributed by atoms with van der Waals surface area (Å²) >= 11 is 5.25. The van der Waals surface area contributed by atoms with Crippen LogP contribution in [0.1, 0.15) is 24.6 Å². The van der Waals surface area contributed by atoms with Gasteiger partial charge in [-0.3, -0.25) is 0 Å². The van der Waals surface area contributed by atoms with Crippen LogP contribution in [0.2, 0.25) is 0 Å². The molecular weight excluding hydrogens is 274 g/mol. The first-order valence-corrected chi connectivity index (χ1v) is 7.01. The minimum atomic E-state index is 0.411. The summed E-state index contributed by atoms with van der Waals surface area (Å²) in [4.78, 5) is 1.37. The molecule has 0 unspecified atom stereocenters. The third-order valence-corrected chi connectivity index (χ3v) is 4.44. The van der Waals surface area contributed by atoms with Crippen molar-refractivity contribution < 1.29 is 4.74 Å². The third kappa shape index (κ3) is 3.28. The summed E-state index contributed by atoms with van der Waals surface area (Å²) in [6.07, 6.45) is 2.82. The molecule has 15 heavy (non-hydrogen) atoms. The van der Waals surface area contributed by atoms with Gasteiger partial charge in [0.25, 0.3) is 0 Å². The van der Waals surface area contributed by atoms with Gasteiger partial charge in [0.15, 0.2) is 0 Å². The molecule has 0 saturated carbocycles. The standard InChI is InChI=1S/C11H16BrNOS/c1-8(11-3-2-4-14-11)13-6-10-5-9(12)7-15-10/h5,7-8,11,13H,2-4,6H2,1H3/t8-,11+/m1/s1. The first-order chi connectivity index (χ1) is 7.25. The van der Waals surface area contributed by atoms with E-state index < -0.39 is 0 Å². The lowest BCUT2D eigenvalue weighted by atomic mass is 10.1. The average molecular weight is 290 g/mol. The van der Waals surface area contributed by atoms with Gasteiger partial charge in [0.2, 0.25) is 0 Å². The lowest BCUT2D eigenvalue weighted by Gasteiger charge is -2.19. The largest absolute Gasteiger partial charge is 0.377 e. The minimum Gasteiger partial charge on any atom is -0.377 e. The maximum atomic E-state index is 5.64. The Morgan fingerprint density at radius 2 is 2.60 bits per heavy atom. The van der Waals surface area contributed by atoms with E-state index in [1.807, 2.05) is 0 Å². The van der Waals surface area contributed by atoms with Gasteiger partial charge in [-0.2, -0.15) is 0 Å². The van der Waals surface area contributed by atoms with Gasteiger partial charge in [0.05, 0.1) is 6.10 Å². The van der Waals surface area contributed by atoms with Crippen LogP contribution < -0.4 is 5.32 Å². The van der Waals surface area contributed by atoms with Gasteiger partial charge in [-0.05, 0) is 41.8 Å². The summed E-state index contributed by atoms with van der Waals surface area (Å²) in [6, 6.07) is 2.62. The predicted molar refractivity (Wildman–Crippen MR) is 67.3 cm³/mol. The highest BCUT2D eigenvalue weighted by Gasteiger charge is 2.21. The summed E-state index contributed by atoms with van der Waals surface area (Å²) in [7, 11) is 0. The van der Waals surface area contributed by atoms with Crippen LogP contribution in [0.15, 0.2) is 15.9 Å². The number of thiophene rings is 1. The van der Waals surface area contributed by atoms with Crippen LogP contribution in [0, 0.1) is 0 Å². The number of hydrogen-bond donors (Lipinski definition) is 1. The second-order valence-electron chi connectivity index (χ2n) is 3.95. The maximum absolute atomic E-state index is 5.64. The minimum absolute atomic E-state index is 0.411. The fourth-order valence-electron chi connectivity index (χ4n) is 1.84. The van der Waals surface area contributed by atoms with E-state index in [9.17, 15) is 0 Å². The smallest absolute Gasteiger partial charge is 0.0726 e. The van der Waals surface area contributed by atoms with Gasteiger partial charge in [0, 0.05) is 33.9 Å². The molecule has 0 aliphatic carbocycles. The molecule has 0 bridgehead atoms. The Morgan fingerprint density at radius 1 is 1.73 bits per heavy atom. The monoisotopic (exact) mass is 289 g/mol. The molecule has 1 aliphatic rings. The molecule has 4 heteroatoms. The van der Waals surface area contributed by atoms with E-state index >= 15 is 0 Å². The highest BCUT2D eigenvalue weighted by atomic mass is 79.9. The summed E-state index contributed by atoms with van der Waals surface area (Å²) in [5, 5.41) is 5.64. The number of halogens is 1. The van der Waals surface area contributed by atoms with Gasteiger partial charge in [-0.25, -0.2) is 0 Å². The third-order valence-electron chi connectivity index (χ3n) is 2.74. The van der Waals surface area contributed by atoms with Crippen LogP contribution in [-0.2, 0) is 11.3 Å². The molecule has 2 nitrogen and oxygen atoms in total. The average Bonchev–Trinajstić information content (AvgIpc) is 2.84. The summed E-state index contributed by atoms with van der Waals surface area (Å²) in [6.45, 7) is 4.08. The molecule has 2 atom stereocenters. The number of hydrogen-bond acceptors (Lipinski definition) is 3. The topological polar surface area (TPSA) is 21.3 Å². The molecule has 0 aromatic carbocycles. The first-order valence-electron chi connectivity index (χ1n) is 5.33. The fraction of sp³-hybridized carbons (Fsp3) is 0.636. The normalized spacial score (nSPS) is 23.2. The van der Waals surface area contributed by atoms with Crippen molar-refractivity contribution in [2.45, 2.75) is 38.5 Å². The molecule has 1 saturated heterocycles. The second kappa shape index (κ2) is 5.43. The number of nitrogens with one attached hydrogen (secondary N) is 1. The quantitative estimate of drug-likeness (QED) is 0.919. The Balaban J connectivity index is 1.77. The Hall–Kier alpha value is 0.1000. The van der Waals surface area contributed by atoms with Crippen molar-refractivity contribution in [3.8, 4) is 0 Å². The van der Waals surface area contributed by atoms with Crippen LogP contribution in [0.25, 0.3) is 0 Å². The van der Waals surface area contributed by atoms with E-state index in [1.165, 1.54) is 22.2 Å². The Bertz CT molecular complexity index is 309. The molecule has 1 aromatic rings. The molecule has 2 rings (SSSR count). The lowest BCUT2D eigenvalue weighted by Crippen LogP contribution is -2.36. The number of rotatable bonds is 4. The molecule has 1 aliphatic heterocycles. The van der Waals surface area contributed by atoms with E-state index in [4.69, 9.17) is 4.74 Å². The zero-order chi connectivity index (χ0) is 10.7. The van der Waals surface area contributed by atoms with Gasteiger partial charge < -0.3 is 10.1 Å². The van der Waals surface area contributed by atoms with Crippen LogP contribution in [-0.4, -0.2) is 18.8 Å². The first kappa shape index (κ1) is 11.6. The van der Waals surface area contributed by atoms with Gasteiger partial charge in [-0.1, -0.05) is 0 Å². The molecule has 0 radical (unpaired) electrons. The van der Waals surface area contributed by atoms with E-state index in [1.54, 1.807) is 11.3 Å². The van der Waals surface area contributed by atoms with Crippen LogP contribution in [0.4, 0.5) is 0 Å². The fourth-order valence-corrected chi connectivity index (χ4v) is 3.24. The molecular formula is C11H16BrNOS. The van der Waals surface area contributed by atoms with Crippen molar-refractivity contribution in [1.29, 1.82) is 0 Å². The zero-order valence-electron chi connectivity index (χ0n) is 8.83. The van der Waals surface area contributed by atoms with Crippen molar-refractivity contribution in [3.63, 3.8) is 0 Å². The summed E-state index contributed by atoms with van der Waals surface area (Å²) < 4.78 is 6.82. The van der Waals surface area contributed by atoms with Crippen molar-refractivity contribution >= 4 is 27.3 Å². The number of ether oxygens (including phenoxy) is 1. The Morgan fingerprint density at radius 3 is 3.20 bits per heavy atom. The highest BCUT2D eigenvalue weighted by molar-refractivity contribution is 9.10. The maximum Gasteiger partial charge on any atom is 0.0726 e. The molecule has 0 amide bonds. The molecule has 1 aromatic heterocycles. The molecule has 2 heterocycles. The Kier molecular flexibility index (Phi) is 4.20. The van der Waals surface area contributed by atoms with Gasteiger partial charge in [0.1, 0.15) is 0 Å². The van der Waals surface area contributed by atoms with Gasteiger partial charge in [-0.15, -0.1) is 11.3 Å². The summed E-state index contributed by atoms with van der Waals surface area (Å²) in [5.74, 6) is 0. The zero-order valence-corrected chi connectivity index (χ0v) is 11.2. The summed E-state index contributed by atoms with van der Waals surface area (Å²) in [5.41, 5.74) is 0. The predicted octanol–water partition coefficient (Wildman–Crippen LogP) is 3.17. The van der Waals surface area contributed by atoms with Crippen molar-refractivity contribution in [3.05, 3.63) is 20.8 Å². The van der Waals surface area contributed by atoms with E-state index in [0.717, 1.165) is 13.2 Å². The highest BCUT2D eigenvalue weighted by Crippen LogP contribution is 2.20. The van der Waals surface area contributed by atoms with Crippen LogP contribution >= 0.6 is 27.3 Å². The van der Waals surface area contributed by atoms with E-state index in [0.29, 0.717) is 12.1 Å². The van der Waals surface area contributed by atoms with Crippen molar-refractivity contribution in [2.24, 2.45) is 0 Å². The molecule has 84 valence electrons. The van der Waals surface area contributed by atoms with Crippen LogP contribution in [0.5, 0.6) is 0 Å².